The Morgan fingerprint density at radius 1 is 1.30 bits per heavy atom. The Hall–Kier alpha value is -1.06. The van der Waals surface area contributed by atoms with E-state index in [2.05, 4.69) is 42.5 Å². The van der Waals surface area contributed by atoms with Crippen molar-refractivity contribution in [1.82, 2.24) is 10.2 Å². The van der Waals surface area contributed by atoms with Gasteiger partial charge in [0.25, 0.3) is 0 Å². The van der Waals surface area contributed by atoms with Gasteiger partial charge < -0.3 is 15.0 Å². The van der Waals surface area contributed by atoms with Crippen molar-refractivity contribution in [3.63, 3.8) is 0 Å². The van der Waals surface area contributed by atoms with Crippen molar-refractivity contribution in [2.24, 2.45) is 0 Å². The van der Waals surface area contributed by atoms with Crippen molar-refractivity contribution < 1.29 is 4.74 Å². The normalized spacial score (nSPS) is 19.6. The minimum Gasteiger partial charge on any atom is -0.493 e. The Balaban J connectivity index is 1.46. The van der Waals surface area contributed by atoms with Gasteiger partial charge in [-0.25, -0.2) is 0 Å². The van der Waals surface area contributed by atoms with Crippen LogP contribution in [0, 0.1) is 0 Å². The van der Waals surface area contributed by atoms with Crippen LogP contribution >= 0.6 is 0 Å². The van der Waals surface area contributed by atoms with E-state index in [1.54, 1.807) is 0 Å². The second-order valence-electron chi connectivity index (χ2n) is 6.44. The summed E-state index contributed by atoms with van der Waals surface area (Å²) in [7, 11) is 4.42. The molecular formula is C17H26N2O. The molecule has 0 spiro atoms. The third-order valence-electron chi connectivity index (χ3n) is 5.03. The van der Waals surface area contributed by atoms with E-state index in [1.165, 1.54) is 30.4 Å². The topological polar surface area (TPSA) is 24.5 Å². The zero-order valence-corrected chi connectivity index (χ0v) is 12.7. The molecule has 0 saturated heterocycles. The molecule has 1 aliphatic carbocycles. The largest absolute Gasteiger partial charge is 0.493 e. The molecule has 3 heteroatoms. The average Bonchev–Trinajstić information content (AvgIpc) is 2.83. The quantitative estimate of drug-likeness (QED) is 0.805. The number of nitrogens with zero attached hydrogens (tertiary/aromatic N) is 1. The second-order valence-corrected chi connectivity index (χ2v) is 6.44. The lowest BCUT2D eigenvalue weighted by Gasteiger charge is -2.47. The predicted molar refractivity (Wildman–Crippen MR) is 82.5 cm³/mol. The van der Waals surface area contributed by atoms with Crippen LogP contribution in [0.5, 0.6) is 5.75 Å². The summed E-state index contributed by atoms with van der Waals surface area (Å²) in [6, 6.07) is 6.65. The molecule has 0 amide bonds. The highest BCUT2D eigenvalue weighted by atomic mass is 16.5. The average molecular weight is 274 g/mol. The second kappa shape index (κ2) is 5.74. The highest BCUT2D eigenvalue weighted by Crippen LogP contribution is 2.35. The van der Waals surface area contributed by atoms with Crippen molar-refractivity contribution in [2.75, 3.05) is 33.8 Å². The van der Waals surface area contributed by atoms with Crippen molar-refractivity contribution in [1.29, 1.82) is 0 Å². The summed E-state index contributed by atoms with van der Waals surface area (Å²) in [5.74, 6) is 1.09. The van der Waals surface area contributed by atoms with Crippen LogP contribution in [0.4, 0.5) is 0 Å². The lowest BCUT2D eigenvalue weighted by atomic mass is 9.75. The van der Waals surface area contributed by atoms with E-state index >= 15 is 0 Å². The molecule has 1 saturated carbocycles. The van der Waals surface area contributed by atoms with Gasteiger partial charge in [0.1, 0.15) is 5.75 Å². The first-order valence-electron chi connectivity index (χ1n) is 7.82. The SMILES string of the molecule is CN(C)C1(CNCCc2ccc3c(c2)CCO3)CCC1. The Morgan fingerprint density at radius 3 is 2.85 bits per heavy atom. The molecule has 3 nitrogen and oxygen atoms in total. The maximum Gasteiger partial charge on any atom is 0.122 e. The fourth-order valence-corrected chi connectivity index (χ4v) is 3.32. The number of ether oxygens (including phenoxy) is 1. The lowest BCUT2D eigenvalue weighted by Crippen LogP contribution is -2.56. The van der Waals surface area contributed by atoms with Gasteiger partial charge in [0.15, 0.2) is 0 Å². The molecular weight excluding hydrogens is 248 g/mol. The summed E-state index contributed by atoms with van der Waals surface area (Å²) in [5.41, 5.74) is 3.23. The van der Waals surface area contributed by atoms with Crippen molar-refractivity contribution >= 4 is 0 Å². The van der Waals surface area contributed by atoms with E-state index in [9.17, 15) is 0 Å². The fraction of sp³-hybridized carbons (Fsp3) is 0.647. The number of benzene rings is 1. The zero-order chi connectivity index (χ0) is 14.0. The Bertz CT molecular complexity index is 466. The third-order valence-corrected chi connectivity index (χ3v) is 5.03. The fourth-order valence-electron chi connectivity index (χ4n) is 3.32. The zero-order valence-electron chi connectivity index (χ0n) is 12.7. The van der Waals surface area contributed by atoms with Crippen molar-refractivity contribution in [2.45, 2.75) is 37.6 Å². The van der Waals surface area contributed by atoms with Crippen LogP contribution in [-0.4, -0.2) is 44.2 Å². The minimum absolute atomic E-state index is 0.422. The Labute approximate surface area is 122 Å². The molecule has 110 valence electrons. The minimum atomic E-state index is 0.422. The third kappa shape index (κ3) is 2.70. The molecule has 1 fully saturated rings. The molecule has 1 N–H and O–H groups in total. The van der Waals surface area contributed by atoms with Gasteiger partial charge in [0, 0.05) is 18.5 Å². The van der Waals surface area contributed by atoms with Crippen molar-refractivity contribution in [3.05, 3.63) is 29.3 Å². The first-order valence-corrected chi connectivity index (χ1v) is 7.82. The van der Waals surface area contributed by atoms with Crippen molar-refractivity contribution in [3.8, 4) is 5.75 Å². The van der Waals surface area contributed by atoms with Gasteiger partial charge in [0.2, 0.25) is 0 Å². The van der Waals surface area contributed by atoms with E-state index < -0.39 is 0 Å². The van der Waals surface area contributed by atoms with Crippen LogP contribution in [0.15, 0.2) is 18.2 Å². The summed E-state index contributed by atoms with van der Waals surface area (Å²) < 4.78 is 5.55. The van der Waals surface area contributed by atoms with Gasteiger partial charge in [-0.15, -0.1) is 0 Å². The Morgan fingerprint density at radius 2 is 2.15 bits per heavy atom. The molecule has 0 aromatic heterocycles. The van der Waals surface area contributed by atoms with Crippen LogP contribution in [0.1, 0.15) is 30.4 Å². The van der Waals surface area contributed by atoms with Gasteiger partial charge in [0.05, 0.1) is 6.61 Å². The molecule has 1 aromatic rings. The lowest BCUT2D eigenvalue weighted by molar-refractivity contribution is 0.0604. The monoisotopic (exact) mass is 274 g/mol. The van der Waals surface area contributed by atoms with Gasteiger partial charge in [-0.3, -0.25) is 0 Å². The van der Waals surface area contributed by atoms with E-state index in [1.807, 2.05) is 0 Å². The molecule has 1 aromatic carbocycles. The van der Waals surface area contributed by atoms with Crippen LogP contribution in [0.3, 0.4) is 0 Å². The summed E-state index contributed by atoms with van der Waals surface area (Å²) in [4.78, 5) is 2.40. The van der Waals surface area contributed by atoms with E-state index in [0.29, 0.717) is 5.54 Å². The number of rotatable bonds is 6. The number of likely N-dealkylation sites (N-methyl/N-ethyl adjacent to an activating group) is 1. The van der Waals surface area contributed by atoms with E-state index in [0.717, 1.165) is 38.3 Å². The van der Waals surface area contributed by atoms with Crippen LogP contribution in [0.25, 0.3) is 0 Å². The first kappa shape index (κ1) is 13.9. The number of nitrogens with one attached hydrogen (secondary N) is 1. The van der Waals surface area contributed by atoms with Crippen LogP contribution in [-0.2, 0) is 12.8 Å². The molecule has 1 heterocycles. The smallest absolute Gasteiger partial charge is 0.122 e. The highest BCUT2D eigenvalue weighted by molar-refractivity contribution is 5.39. The van der Waals surface area contributed by atoms with Gasteiger partial charge in [-0.2, -0.15) is 0 Å². The molecule has 0 unspecified atom stereocenters. The Kier molecular flexibility index (Phi) is 3.99. The molecule has 1 aliphatic heterocycles. The molecule has 3 rings (SSSR count). The molecule has 0 atom stereocenters. The molecule has 2 aliphatic rings. The number of fused-ring (bicyclic) bond motifs is 1. The molecule has 0 bridgehead atoms. The number of hydrogen-bond donors (Lipinski definition) is 1. The maximum atomic E-state index is 5.55. The standard InChI is InChI=1S/C17H26N2O/c1-19(2)17(8-3-9-17)13-18-10-6-14-4-5-16-15(12-14)7-11-20-16/h4-5,12,18H,3,6-11,13H2,1-2H3. The predicted octanol–water partition coefficient (Wildman–Crippen LogP) is 2.24. The maximum absolute atomic E-state index is 5.55. The van der Waals surface area contributed by atoms with Crippen LogP contribution in [0.2, 0.25) is 0 Å². The summed E-state index contributed by atoms with van der Waals surface area (Å²) in [6.45, 7) is 3.03. The highest BCUT2D eigenvalue weighted by Gasteiger charge is 2.38. The van der Waals surface area contributed by atoms with Gasteiger partial charge in [-0.05, 0) is 63.5 Å². The summed E-state index contributed by atoms with van der Waals surface area (Å²) in [6.07, 6.45) is 6.23. The van der Waals surface area contributed by atoms with E-state index in [4.69, 9.17) is 4.74 Å². The number of hydrogen-bond acceptors (Lipinski definition) is 3. The molecule has 20 heavy (non-hydrogen) atoms. The first-order chi connectivity index (χ1) is 9.70. The van der Waals surface area contributed by atoms with Gasteiger partial charge >= 0.3 is 0 Å². The summed E-state index contributed by atoms with van der Waals surface area (Å²) in [5, 5.41) is 3.65. The van der Waals surface area contributed by atoms with Gasteiger partial charge in [-0.1, -0.05) is 12.1 Å². The molecule has 0 radical (unpaired) electrons. The van der Waals surface area contributed by atoms with E-state index in [-0.39, 0.29) is 0 Å². The summed E-state index contributed by atoms with van der Waals surface area (Å²) >= 11 is 0. The van der Waals surface area contributed by atoms with Crippen LogP contribution < -0.4 is 10.1 Å².